The summed E-state index contributed by atoms with van der Waals surface area (Å²) >= 11 is 0. The summed E-state index contributed by atoms with van der Waals surface area (Å²) in [4.78, 5) is 18.8. The van der Waals surface area contributed by atoms with Crippen molar-refractivity contribution in [1.82, 2.24) is 20.4 Å². The van der Waals surface area contributed by atoms with Gasteiger partial charge in [-0.2, -0.15) is 4.98 Å². The zero-order valence-corrected chi connectivity index (χ0v) is 15.9. The highest BCUT2D eigenvalue weighted by molar-refractivity contribution is 5.74. The first-order valence-corrected chi connectivity index (χ1v) is 10.2. The summed E-state index contributed by atoms with van der Waals surface area (Å²) in [6.07, 6.45) is 9.82. The number of piperidine rings is 1. The first kappa shape index (κ1) is 19.1. The molecule has 0 spiro atoms. The van der Waals surface area contributed by atoms with Crippen LogP contribution >= 0.6 is 0 Å². The van der Waals surface area contributed by atoms with Crippen molar-refractivity contribution < 1.29 is 14.1 Å². The van der Waals surface area contributed by atoms with Crippen molar-refractivity contribution in [3.05, 3.63) is 11.7 Å². The van der Waals surface area contributed by atoms with Gasteiger partial charge in [0, 0.05) is 26.1 Å². The van der Waals surface area contributed by atoms with E-state index < -0.39 is 0 Å². The molecule has 0 aromatic carbocycles. The zero-order valence-electron chi connectivity index (χ0n) is 15.9. The number of ether oxygens (including phenoxy) is 1. The Morgan fingerprint density at radius 2 is 2.08 bits per heavy atom. The molecule has 2 amide bonds. The largest absolute Gasteiger partial charge is 0.381 e. The second kappa shape index (κ2) is 9.90. The first-order valence-electron chi connectivity index (χ1n) is 10.2. The highest BCUT2D eigenvalue weighted by Crippen LogP contribution is 2.30. The van der Waals surface area contributed by atoms with E-state index in [1.807, 2.05) is 11.8 Å². The standard InChI is InChI=1S/C19H32N4O3/c1-2-11-20-19(24)23-12-6-5-9-16(23)18-21-17(22-26-18)10-13-25-14-15-7-3-4-8-15/h15-16H,2-14H2,1H3,(H,20,24). The number of rotatable bonds is 8. The van der Waals surface area contributed by atoms with Crippen LogP contribution in [-0.2, 0) is 11.2 Å². The molecule has 0 bridgehead atoms. The van der Waals surface area contributed by atoms with Crippen molar-refractivity contribution in [2.75, 3.05) is 26.3 Å². The van der Waals surface area contributed by atoms with Crippen LogP contribution in [0.4, 0.5) is 4.79 Å². The minimum Gasteiger partial charge on any atom is -0.381 e. The second-order valence-corrected chi connectivity index (χ2v) is 7.46. The van der Waals surface area contributed by atoms with E-state index in [-0.39, 0.29) is 12.1 Å². The average Bonchev–Trinajstić information content (AvgIpc) is 3.35. The van der Waals surface area contributed by atoms with E-state index in [2.05, 4.69) is 15.5 Å². The second-order valence-electron chi connectivity index (χ2n) is 7.46. The van der Waals surface area contributed by atoms with Crippen LogP contribution in [0.15, 0.2) is 4.52 Å². The molecule has 1 saturated carbocycles. The van der Waals surface area contributed by atoms with Crippen molar-refractivity contribution >= 4 is 6.03 Å². The lowest BCUT2D eigenvalue weighted by atomic mass is 10.0. The molecule has 1 aromatic heterocycles. The molecule has 146 valence electrons. The van der Waals surface area contributed by atoms with E-state index in [0.29, 0.717) is 31.3 Å². The van der Waals surface area contributed by atoms with Gasteiger partial charge in [-0.25, -0.2) is 4.79 Å². The maximum Gasteiger partial charge on any atom is 0.318 e. The fourth-order valence-electron chi connectivity index (χ4n) is 3.86. The number of urea groups is 1. The third-order valence-corrected chi connectivity index (χ3v) is 5.36. The van der Waals surface area contributed by atoms with E-state index in [1.54, 1.807) is 0 Å². The summed E-state index contributed by atoms with van der Waals surface area (Å²) < 4.78 is 11.3. The normalized spacial score (nSPS) is 21.3. The number of hydrogen-bond donors (Lipinski definition) is 1. The Bertz CT molecular complexity index is 557. The van der Waals surface area contributed by atoms with Gasteiger partial charge in [0.15, 0.2) is 5.82 Å². The molecule has 1 saturated heterocycles. The zero-order chi connectivity index (χ0) is 18.2. The monoisotopic (exact) mass is 364 g/mol. The topological polar surface area (TPSA) is 80.5 Å². The molecule has 2 fully saturated rings. The van der Waals surface area contributed by atoms with Crippen LogP contribution in [0, 0.1) is 5.92 Å². The fraction of sp³-hybridized carbons (Fsp3) is 0.842. The van der Waals surface area contributed by atoms with Crippen LogP contribution in [0.1, 0.15) is 76.0 Å². The summed E-state index contributed by atoms with van der Waals surface area (Å²) in [6.45, 7) is 4.95. The lowest BCUT2D eigenvalue weighted by Gasteiger charge is -2.33. The Labute approximate surface area is 155 Å². The molecule has 1 atom stereocenters. The Morgan fingerprint density at radius 1 is 1.27 bits per heavy atom. The summed E-state index contributed by atoms with van der Waals surface area (Å²) in [6, 6.07) is -0.141. The number of carbonyl (C=O) groups is 1. The number of amides is 2. The number of nitrogens with one attached hydrogen (secondary N) is 1. The third-order valence-electron chi connectivity index (χ3n) is 5.36. The summed E-state index contributed by atoms with van der Waals surface area (Å²) in [5.41, 5.74) is 0. The van der Waals surface area contributed by atoms with E-state index in [9.17, 15) is 4.79 Å². The highest BCUT2D eigenvalue weighted by Gasteiger charge is 2.32. The van der Waals surface area contributed by atoms with Crippen LogP contribution in [0.3, 0.4) is 0 Å². The number of hydrogen-bond acceptors (Lipinski definition) is 5. The van der Waals surface area contributed by atoms with Crippen LogP contribution < -0.4 is 5.32 Å². The van der Waals surface area contributed by atoms with Gasteiger partial charge in [-0.3, -0.25) is 0 Å². The molecule has 7 nitrogen and oxygen atoms in total. The Kier molecular flexibility index (Phi) is 7.29. The van der Waals surface area contributed by atoms with Crippen molar-refractivity contribution in [2.24, 2.45) is 5.92 Å². The van der Waals surface area contributed by atoms with Crippen molar-refractivity contribution in [1.29, 1.82) is 0 Å². The molecule has 7 heteroatoms. The first-order chi connectivity index (χ1) is 12.8. The van der Waals surface area contributed by atoms with Crippen LogP contribution in [0.25, 0.3) is 0 Å². The van der Waals surface area contributed by atoms with Gasteiger partial charge in [0.25, 0.3) is 0 Å². The molecule has 3 rings (SSSR count). The molecule has 2 aliphatic rings. The van der Waals surface area contributed by atoms with Crippen molar-refractivity contribution in [3.63, 3.8) is 0 Å². The van der Waals surface area contributed by atoms with Gasteiger partial charge in [-0.15, -0.1) is 0 Å². The Balaban J connectivity index is 1.49. The minimum atomic E-state index is -0.110. The van der Waals surface area contributed by atoms with Crippen LogP contribution in [0.2, 0.25) is 0 Å². The van der Waals surface area contributed by atoms with E-state index in [1.165, 1.54) is 25.7 Å². The maximum atomic E-state index is 12.4. The Morgan fingerprint density at radius 3 is 2.88 bits per heavy atom. The molecule has 1 aromatic rings. The third kappa shape index (κ3) is 5.19. The quantitative estimate of drug-likeness (QED) is 0.715. The predicted octanol–water partition coefficient (Wildman–Crippen LogP) is 3.47. The summed E-state index contributed by atoms with van der Waals surface area (Å²) in [7, 11) is 0. The van der Waals surface area contributed by atoms with Crippen molar-refractivity contribution in [2.45, 2.75) is 70.8 Å². The average molecular weight is 364 g/mol. The lowest BCUT2D eigenvalue weighted by Crippen LogP contribution is -2.44. The number of aromatic nitrogens is 2. The fourth-order valence-corrected chi connectivity index (χ4v) is 3.86. The van der Waals surface area contributed by atoms with Crippen LogP contribution in [-0.4, -0.2) is 47.4 Å². The van der Waals surface area contributed by atoms with Crippen molar-refractivity contribution in [3.8, 4) is 0 Å². The number of nitrogens with zero attached hydrogens (tertiary/aromatic N) is 3. The van der Waals surface area contributed by atoms with Gasteiger partial charge in [0.2, 0.25) is 5.89 Å². The maximum absolute atomic E-state index is 12.4. The molecule has 1 N–H and O–H groups in total. The van der Waals surface area contributed by atoms with E-state index in [4.69, 9.17) is 9.26 Å². The highest BCUT2D eigenvalue weighted by atomic mass is 16.5. The molecule has 0 radical (unpaired) electrons. The lowest BCUT2D eigenvalue weighted by molar-refractivity contribution is 0.102. The molecule has 26 heavy (non-hydrogen) atoms. The predicted molar refractivity (Wildman–Crippen MR) is 97.8 cm³/mol. The molecule has 2 heterocycles. The summed E-state index contributed by atoms with van der Waals surface area (Å²) in [5, 5.41) is 7.05. The molecular formula is C19H32N4O3. The smallest absolute Gasteiger partial charge is 0.318 e. The summed E-state index contributed by atoms with van der Waals surface area (Å²) in [5.74, 6) is 1.96. The molecular weight excluding hydrogens is 332 g/mol. The van der Waals surface area contributed by atoms with Gasteiger partial charge < -0.3 is 19.5 Å². The van der Waals surface area contributed by atoms with Gasteiger partial charge in [0.05, 0.1) is 6.61 Å². The molecule has 1 aliphatic carbocycles. The SMILES string of the molecule is CCCNC(=O)N1CCCCC1c1nc(CCOCC2CCCC2)no1. The van der Waals surface area contributed by atoms with Crippen LogP contribution in [0.5, 0.6) is 0 Å². The minimum absolute atomic E-state index is 0.0313. The molecule has 1 aliphatic heterocycles. The van der Waals surface area contributed by atoms with E-state index >= 15 is 0 Å². The number of carbonyl (C=O) groups excluding carboxylic acids is 1. The van der Waals surface area contributed by atoms with Gasteiger partial charge >= 0.3 is 6.03 Å². The van der Waals surface area contributed by atoms with Gasteiger partial charge in [0.1, 0.15) is 6.04 Å². The number of likely N-dealkylation sites (tertiary alicyclic amines) is 1. The van der Waals surface area contributed by atoms with Gasteiger partial charge in [-0.05, 0) is 44.4 Å². The Hall–Kier alpha value is -1.63. The van der Waals surface area contributed by atoms with E-state index in [0.717, 1.165) is 44.8 Å². The van der Waals surface area contributed by atoms with Gasteiger partial charge in [-0.1, -0.05) is 24.9 Å². The molecule has 1 unspecified atom stereocenters.